The van der Waals surface area contributed by atoms with E-state index in [0.717, 1.165) is 27.5 Å². The van der Waals surface area contributed by atoms with Gasteiger partial charge in [0.1, 0.15) is 12.4 Å². The fraction of sp³-hybridized carbons (Fsp3) is 0.0769. The number of amides is 1. The zero-order valence-corrected chi connectivity index (χ0v) is 18.6. The predicted octanol–water partition coefficient (Wildman–Crippen LogP) is 6.42. The van der Waals surface area contributed by atoms with Crippen LogP contribution in [0.2, 0.25) is 10.0 Å². The Balaban J connectivity index is 1.39. The van der Waals surface area contributed by atoms with Crippen molar-refractivity contribution in [2.75, 3.05) is 0 Å². The molecule has 0 heterocycles. The van der Waals surface area contributed by atoms with E-state index < -0.39 is 0 Å². The molecule has 1 amide bonds. The SMILES string of the molecule is O=C(Cc1cccc2ccccc12)N/N=C\c1ccccc1OCc1ccc(Cl)cc1Cl. The lowest BCUT2D eigenvalue weighted by Gasteiger charge is -2.10. The van der Waals surface area contributed by atoms with Gasteiger partial charge in [0, 0.05) is 21.2 Å². The minimum Gasteiger partial charge on any atom is -0.488 e. The first-order valence-electron chi connectivity index (χ1n) is 10.0. The first-order valence-corrected chi connectivity index (χ1v) is 10.8. The summed E-state index contributed by atoms with van der Waals surface area (Å²) in [6.07, 6.45) is 1.81. The van der Waals surface area contributed by atoms with E-state index in [-0.39, 0.29) is 18.9 Å². The van der Waals surface area contributed by atoms with Crippen molar-refractivity contribution in [3.05, 3.63) is 112 Å². The van der Waals surface area contributed by atoms with Crippen LogP contribution in [0, 0.1) is 0 Å². The van der Waals surface area contributed by atoms with Gasteiger partial charge in [0.15, 0.2) is 0 Å². The van der Waals surface area contributed by atoms with E-state index in [0.29, 0.717) is 15.8 Å². The standard InChI is InChI=1S/C26H20Cl2N2O2/c27-22-13-12-21(24(28)15-22)17-32-25-11-4-2-7-20(25)16-29-30-26(31)14-19-9-5-8-18-6-1-3-10-23(18)19/h1-13,15-16H,14,17H2,(H,30,31)/b29-16-. The van der Waals surface area contributed by atoms with Crippen LogP contribution in [0.1, 0.15) is 16.7 Å². The van der Waals surface area contributed by atoms with Crippen molar-refractivity contribution in [3.63, 3.8) is 0 Å². The summed E-state index contributed by atoms with van der Waals surface area (Å²) >= 11 is 12.2. The Labute approximate surface area is 196 Å². The highest BCUT2D eigenvalue weighted by molar-refractivity contribution is 6.35. The van der Waals surface area contributed by atoms with E-state index in [1.807, 2.05) is 72.8 Å². The number of hydrogen-bond acceptors (Lipinski definition) is 3. The summed E-state index contributed by atoms with van der Waals surface area (Å²) in [5, 5.41) is 7.40. The van der Waals surface area contributed by atoms with Crippen molar-refractivity contribution in [1.29, 1.82) is 0 Å². The molecule has 0 aliphatic rings. The van der Waals surface area contributed by atoms with Crippen LogP contribution in [0.4, 0.5) is 0 Å². The maximum Gasteiger partial charge on any atom is 0.244 e. The van der Waals surface area contributed by atoms with Crippen molar-refractivity contribution < 1.29 is 9.53 Å². The second kappa shape index (κ2) is 10.3. The Morgan fingerprint density at radius 1 is 0.906 bits per heavy atom. The van der Waals surface area contributed by atoms with Crippen LogP contribution in [0.25, 0.3) is 10.8 Å². The summed E-state index contributed by atoms with van der Waals surface area (Å²) in [5.74, 6) is 0.439. The normalized spacial score (nSPS) is 11.1. The molecular weight excluding hydrogens is 443 g/mol. The number of rotatable bonds is 7. The Morgan fingerprint density at radius 2 is 1.69 bits per heavy atom. The molecule has 160 valence electrons. The third kappa shape index (κ3) is 5.47. The molecule has 6 heteroatoms. The lowest BCUT2D eigenvalue weighted by molar-refractivity contribution is -0.120. The Hall–Kier alpha value is -3.34. The quantitative estimate of drug-likeness (QED) is 0.254. The van der Waals surface area contributed by atoms with E-state index in [9.17, 15) is 4.79 Å². The maximum atomic E-state index is 12.4. The molecule has 0 bridgehead atoms. The summed E-state index contributed by atoms with van der Waals surface area (Å²) in [4.78, 5) is 12.4. The van der Waals surface area contributed by atoms with E-state index >= 15 is 0 Å². The molecule has 4 nitrogen and oxygen atoms in total. The fourth-order valence-corrected chi connectivity index (χ4v) is 3.81. The topological polar surface area (TPSA) is 50.7 Å². The lowest BCUT2D eigenvalue weighted by atomic mass is 10.0. The number of nitrogens with one attached hydrogen (secondary N) is 1. The average molecular weight is 463 g/mol. The number of para-hydroxylation sites is 1. The summed E-state index contributed by atoms with van der Waals surface area (Å²) in [5.41, 5.74) is 5.12. The molecule has 4 aromatic rings. The molecule has 4 aromatic carbocycles. The van der Waals surface area contributed by atoms with Crippen LogP contribution in [-0.4, -0.2) is 12.1 Å². The Bertz CT molecular complexity index is 1280. The number of ether oxygens (including phenoxy) is 1. The van der Waals surface area contributed by atoms with Crippen LogP contribution in [0.15, 0.2) is 90.0 Å². The number of hydrogen-bond donors (Lipinski definition) is 1. The predicted molar refractivity (Wildman–Crippen MR) is 131 cm³/mol. The van der Waals surface area contributed by atoms with Gasteiger partial charge in [0.05, 0.1) is 12.6 Å². The maximum absolute atomic E-state index is 12.4. The van der Waals surface area contributed by atoms with Crippen LogP contribution in [0.5, 0.6) is 5.75 Å². The Morgan fingerprint density at radius 3 is 2.56 bits per heavy atom. The smallest absolute Gasteiger partial charge is 0.244 e. The molecule has 0 fully saturated rings. The number of hydrazone groups is 1. The van der Waals surface area contributed by atoms with Crippen molar-refractivity contribution in [3.8, 4) is 5.75 Å². The number of nitrogens with zero attached hydrogens (tertiary/aromatic N) is 1. The summed E-state index contributed by atoms with van der Waals surface area (Å²) in [6, 6.07) is 26.7. The molecule has 1 N–H and O–H groups in total. The van der Waals surface area contributed by atoms with Gasteiger partial charge in [0.2, 0.25) is 5.91 Å². The minimum atomic E-state index is -0.191. The number of benzene rings is 4. The summed E-state index contributed by atoms with van der Waals surface area (Å²) in [7, 11) is 0. The van der Waals surface area contributed by atoms with Gasteiger partial charge >= 0.3 is 0 Å². The van der Waals surface area contributed by atoms with Gasteiger partial charge < -0.3 is 4.74 Å². The number of fused-ring (bicyclic) bond motifs is 1. The van der Waals surface area contributed by atoms with E-state index in [4.69, 9.17) is 27.9 Å². The number of carbonyl (C=O) groups is 1. The molecule has 0 saturated heterocycles. The molecule has 4 rings (SSSR count). The van der Waals surface area contributed by atoms with Crippen molar-refractivity contribution in [2.45, 2.75) is 13.0 Å². The molecular formula is C26H20Cl2N2O2. The lowest BCUT2D eigenvalue weighted by Crippen LogP contribution is -2.20. The monoisotopic (exact) mass is 462 g/mol. The minimum absolute atomic E-state index is 0.191. The zero-order valence-electron chi connectivity index (χ0n) is 17.1. The van der Waals surface area contributed by atoms with Gasteiger partial charge in [-0.1, -0.05) is 83.9 Å². The van der Waals surface area contributed by atoms with Gasteiger partial charge in [-0.05, 0) is 40.6 Å². The van der Waals surface area contributed by atoms with Crippen molar-refractivity contribution >= 4 is 46.1 Å². The molecule has 0 saturated carbocycles. The van der Waals surface area contributed by atoms with E-state index in [1.54, 1.807) is 18.3 Å². The van der Waals surface area contributed by atoms with Gasteiger partial charge in [-0.25, -0.2) is 5.43 Å². The molecule has 0 aliphatic heterocycles. The van der Waals surface area contributed by atoms with Gasteiger partial charge in [0.25, 0.3) is 0 Å². The van der Waals surface area contributed by atoms with Crippen LogP contribution in [0.3, 0.4) is 0 Å². The van der Waals surface area contributed by atoms with Gasteiger partial charge in [-0.2, -0.15) is 5.10 Å². The van der Waals surface area contributed by atoms with Gasteiger partial charge in [-0.3, -0.25) is 4.79 Å². The second-order valence-corrected chi connectivity index (χ2v) is 8.01. The fourth-order valence-electron chi connectivity index (χ4n) is 3.35. The van der Waals surface area contributed by atoms with E-state index in [2.05, 4.69) is 10.5 Å². The molecule has 0 radical (unpaired) electrons. The molecule has 0 unspecified atom stereocenters. The number of halogens is 2. The molecule has 0 spiro atoms. The average Bonchev–Trinajstić information content (AvgIpc) is 2.79. The summed E-state index contributed by atoms with van der Waals surface area (Å²) < 4.78 is 5.91. The largest absolute Gasteiger partial charge is 0.488 e. The molecule has 0 aromatic heterocycles. The molecule has 0 aliphatic carbocycles. The third-order valence-electron chi connectivity index (χ3n) is 4.94. The zero-order chi connectivity index (χ0) is 22.3. The van der Waals surface area contributed by atoms with E-state index in [1.165, 1.54) is 0 Å². The number of carbonyl (C=O) groups excluding carboxylic acids is 1. The summed E-state index contributed by atoms with van der Waals surface area (Å²) in [6.45, 7) is 0.286. The highest BCUT2D eigenvalue weighted by atomic mass is 35.5. The van der Waals surface area contributed by atoms with Crippen LogP contribution < -0.4 is 10.2 Å². The highest BCUT2D eigenvalue weighted by Gasteiger charge is 2.07. The molecule has 0 atom stereocenters. The first kappa shape index (κ1) is 21.9. The Kier molecular flexibility index (Phi) is 7.05. The first-order chi connectivity index (χ1) is 15.6. The van der Waals surface area contributed by atoms with Gasteiger partial charge in [-0.15, -0.1) is 0 Å². The van der Waals surface area contributed by atoms with Crippen molar-refractivity contribution in [1.82, 2.24) is 5.43 Å². The van der Waals surface area contributed by atoms with Crippen LogP contribution in [-0.2, 0) is 17.8 Å². The van der Waals surface area contributed by atoms with Crippen LogP contribution >= 0.6 is 23.2 Å². The molecule has 32 heavy (non-hydrogen) atoms. The second-order valence-electron chi connectivity index (χ2n) is 7.17. The third-order valence-corrected chi connectivity index (χ3v) is 5.53. The highest BCUT2D eigenvalue weighted by Crippen LogP contribution is 2.24. The van der Waals surface area contributed by atoms with Crippen molar-refractivity contribution in [2.24, 2.45) is 5.10 Å².